The van der Waals surface area contributed by atoms with Gasteiger partial charge in [-0.2, -0.15) is 0 Å². The lowest BCUT2D eigenvalue weighted by atomic mass is 10.2. The van der Waals surface area contributed by atoms with Crippen LogP contribution < -0.4 is 10.4 Å². The Morgan fingerprint density at radius 2 is 0.644 bits per heavy atom. The number of benzene rings is 2. The summed E-state index contributed by atoms with van der Waals surface area (Å²) in [6.07, 6.45) is 0. The Morgan fingerprint density at radius 3 is 0.898 bits per heavy atom. The molecule has 0 saturated carbocycles. The van der Waals surface area contributed by atoms with Crippen LogP contribution in [0.4, 0.5) is 0 Å². The second-order valence-electron chi connectivity index (χ2n) is 15.3. The van der Waals surface area contributed by atoms with Gasteiger partial charge in [0.25, 0.3) is 8.32 Å². The molecule has 0 aliphatic carbocycles. The van der Waals surface area contributed by atoms with E-state index < -0.39 is 13.9 Å². The molecule has 0 spiro atoms. The van der Waals surface area contributed by atoms with Gasteiger partial charge in [-0.1, -0.05) is 81.4 Å². The summed E-state index contributed by atoms with van der Waals surface area (Å²) in [6.45, 7) is 22.6. The predicted octanol–water partition coefficient (Wildman–Crippen LogP) is 4.09. The van der Waals surface area contributed by atoms with Crippen LogP contribution in [0.3, 0.4) is 0 Å². The molecule has 0 radical (unpaired) electrons. The summed E-state index contributed by atoms with van der Waals surface area (Å²) < 4.78 is 72.8. The molecular formula is C44H74O14Si. The third kappa shape index (κ3) is 25.9. The van der Waals surface area contributed by atoms with Crippen molar-refractivity contribution >= 4 is 24.7 Å². The number of carbonyl (C=O) groups is 1. The molecule has 15 heteroatoms. The molecular weight excluding hydrogens is 781 g/mol. The molecule has 0 aromatic heterocycles. The number of hydrogen-bond donors (Lipinski definition) is 0. The van der Waals surface area contributed by atoms with E-state index in [1.807, 2.05) is 20.8 Å². The maximum atomic E-state index is 11.5. The van der Waals surface area contributed by atoms with Crippen molar-refractivity contribution in [1.82, 2.24) is 0 Å². The standard InChI is InChI=1S/C44H74O14Si/c1-43(2,3)58-42(45)39-56-36-35-54-32-31-52-28-27-50-24-23-48-20-19-46-17-18-47-21-22-49-25-26-51-29-30-53-33-34-55-37-38-57-59(44(4,5)6,40-13-9-7-10-14-40)41-15-11-8-12-16-41/h7-16H,17-39H2,1-6H3. The Balaban J connectivity index is 1.27. The Morgan fingerprint density at radius 1 is 0.390 bits per heavy atom. The first-order valence-corrected chi connectivity index (χ1v) is 22.8. The fourth-order valence-electron chi connectivity index (χ4n) is 5.74. The van der Waals surface area contributed by atoms with Crippen LogP contribution in [-0.4, -0.2) is 172 Å². The molecule has 0 amide bonds. The molecule has 0 atom stereocenters. The second-order valence-corrected chi connectivity index (χ2v) is 19.6. The molecule has 0 heterocycles. The first-order chi connectivity index (χ1) is 28.6. The minimum atomic E-state index is -2.55. The summed E-state index contributed by atoms with van der Waals surface area (Å²) in [6, 6.07) is 21.3. The van der Waals surface area contributed by atoms with Crippen molar-refractivity contribution in [3.05, 3.63) is 60.7 Å². The van der Waals surface area contributed by atoms with E-state index in [4.69, 9.17) is 61.3 Å². The molecule has 0 aliphatic heterocycles. The summed E-state index contributed by atoms with van der Waals surface area (Å²) in [5, 5.41) is 2.46. The van der Waals surface area contributed by atoms with Crippen LogP contribution in [0.1, 0.15) is 41.5 Å². The topological polar surface area (TPSA) is 137 Å². The van der Waals surface area contributed by atoms with Gasteiger partial charge in [-0.15, -0.1) is 0 Å². The van der Waals surface area contributed by atoms with Gasteiger partial charge < -0.3 is 61.3 Å². The fraction of sp³-hybridized carbons (Fsp3) is 0.705. The van der Waals surface area contributed by atoms with Crippen molar-refractivity contribution in [3.63, 3.8) is 0 Å². The molecule has 0 bridgehead atoms. The van der Waals surface area contributed by atoms with Gasteiger partial charge in [0.05, 0.1) is 145 Å². The van der Waals surface area contributed by atoms with E-state index in [-0.39, 0.29) is 17.6 Å². The molecule has 338 valence electrons. The lowest BCUT2D eigenvalue weighted by Crippen LogP contribution is -2.66. The van der Waals surface area contributed by atoms with E-state index >= 15 is 0 Å². The van der Waals surface area contributed by atoms with E-state index in [2.05, 4.69) is 81.4 Å². The van der Waals surface area contributed by atoms with E-state index in [9.17, 15) is 4.79 Å². The van der Waals surface area contributed by atoms with Crippen LogP contribution in [0.2, 0.25) is 5.04 Å². The van der Waals surface area contributed by atoms with Crippen LogP contribution in [0, 0.1) is 0 Å². The third-order valence-corrected chi connectivity index (χ3v) is 13.4. The SMILES string of the molecule is CC(C)(C)OC(=O)COCCOCCOCCOCCOCCOCCOCCOCCOCCOCCOCCO[Si](c1ccccc1)(c1ccccc1)C(C)(C)C. The van der Waals surface area contributed by atoms with Crippen molar-refractivity contribution in [3.8, 4) is 0 Å². The van der Waals surface area contributed by atoms with Gasteiger partial charge in [-0.05, 0) is 36.2 Å². The summed E-state index contributed by atoms with van der Waals surface area (Å²) in [4.78, 5) is 11.5. The molecule has 0 aliphatic rings. The molecule has 14 nitrogen and oxygen atoms in total. The average molecular weight is 855 g/mol. The van der Waals surface area contributed by atoms with Crippen molar-refractivity contribution < 1.29 is 66.1 Å². The lowest BCUT2D eigenvalue weighted by molar-refractivity contribution is -0.160. The van der Waals surface area contributed by atoms with E-state index in [1.165, 1.54) is 10.4 Å². The van der Waals surface area contributed by atoms with Crippen LogP contribution in [-0.2, 0) is 66.1 Å². The van der Waals surface area contributed by atoms with Crippen molar-refractivity contribution in [2.24, 2.45) is 0 Å². The molecule has 2 aromatic carbocycles. The number of carbonyl (C=O) groups excluding carboxylic acids is 1. The van der Waals surface area contributed by atoms with Gasteiger partial charge in [-0.25, -0.2) is 4.79 Å². The number of ether oxygens (including phenoxy) is 12. The van der Waals surface area contributed by atoms with Gasteiger partial charge in [0.1, 0.15) is 12.2 Å². The number of rotatable bonds is 38. The first-order valence-electron chi connectivity index (χ1n) is 20.9. The van der Waals surface area contributed by atoms with E-state index in [0.717, 1.165) is 0 Å². The zero-order valence-electron chi connectivity index (χ0n) is 36.8. The first kappa shape index (κ1) is 52.8. The maximum Gasteiger partial charge on any atom is 0.332 e. The van der Waals surface area contributed by atoms with Crippen LogP contribution >= 0.6 is 0 Å². The highest BCUT2D eigenvalue weighted by Gasteiger charge is 2.50. The molecule has 0 unspecified atom stereocenters. The minimum Gasteiger partial charge on any atom is -0.458 e. The minimum absolute atomic E-state index is 0.0621. The van der Waals surface area contributed by atoms with Crippen molar-refractivity contribution in [2.75, 3.05) is 152 Å². The quantitative estimate of drug-likeness (QED) is 0.0545. The smallest absolute Gasteiger partial charge is 0.332 e. The van der Waals surface area contributed by atoms with Gasteiger partial charge in [0.2, 0.25) is 0 Å². The van der Waals surface area contributed by atoms with Crippen molar-refractivity contribution in [1.29, 1.82) is 0 Å². The van der Waals surface area contributed by atoms with Gasteiger partial charge in [-0.3, -0.25) is 0 Å². The molecule has 59 heavy (non-hydrogen) atoms. The number of esters is 1. The molecule has 0 saturated heterocycles. The van der Waals surface area contributed by atoms with Crippen LogP contribution in [0.5, 0.6) is 0 Å². The van der Waals surface area contributed by atoms with Gasteiger partial charge in [0, 0.05) is 0 Å². The second kappa shape index (κ2) is 33.3. The van der Waals surface area contributed by atoms with E-state index in [1.54, 1.807) is 0 Å². The molecule has 2 rings (SSSR count). The Hall–Kier alpha value is -2.35. The van der Waals surface area contributed by atoms with E-state index in [0.29, 0.717) is 145 Å². The van der Waals surface area contributed by atoms with Crippen molar-refractivity contribution in [2.45, 2.75) is 52.2 Å². The molecule has 0 N–H and O–H groups in total. The van der Waals surface area contributed by atoms with Gasteiger partial charge >= 0.3 is 5.97 Å². The highest BCUT2D eigenvalue weighted by Crippen LogP contribution is 2.36. The van der Waals surface area contributed by atoms with Gasteiger partial charge in [0.15, 0.2) is 0 Å². The fourth-order valence-corrected chi connectivity index (χ4v) is 10.3. The maximum absolute atomic E-state index is 11.5. The summed E-state index contributed by atoms with van der Waals surface area (Å²) in [7, 11) is -2.55. The monoisotopic (exact) mass is 854 g/mol. The molecule has 0 fully saturated rings. The average Bonchev–Trinajstić information content (AvgIpc) is 3.20. The Kier molecular flexibility index (Phi) is 29.8. The zero-order chi connectivity index (χ0) is 42.8. The lowest BCUT2D eigenvalue weighted by Gasteiger charge is -2.43. The van der Waals surface area contributed by atoms with Crippen LogP contribution in [0.25, 0.3) is 0 Å². The summed E-state index contributed by atoms with van der Waals surface area (Å²) >= 11 is 0. The highest BCUT2D eigenvalue weighted by atomic mass is 28.4. The summed E-state index contributed by atoms with van der Waals surface area (Å²) in [5.74, 6) is -0.388. The molecule has 2 aromatic rings. The number of hydrogen-bond acceptors (Lipinski definition) is 14. The highest BCUT2D eigenvalue weighted by molar-refractivity contribution is 6.99. The Labute approximate surface area is 354 Å². The predicted molar refractivity (Wildman–Crippen MR) is 228 cm³/mol. The zero-order valence-corrected chi connectivity index (χ0v) is 37.8. The largest absolute Gasteiger partial charge is 0.458 e. The Bertz CT molecular complexity index is 1220. The summed E-state index contributed by atoms with van der Waals surface area (Å²) in [5.41, 5.74) is -0.515. The normalized spacial score (nSPS) is 12.3. The third-order valence-electron chi connectivity index (χ3n) is 8.32. The van der Waals surface area contributed by atoms with Crippen LogP contribution in [0.15, 0.2) is 60.7 Å².